The Balaban J connectivity index is 4.82. The summed E-state index contributed by atoms with van der Waals surface area (Å²) in [6.45, 7) is 14.4. The highest BCUT2D eigenvalue weighted by molar-refractivity contribution is 6.74. The first-order chi connectivity index (χ1) is 8.51. The molecule has 0 rings (SSSR count). The predicted octanol–water partition coefficient (Wildman–Crippen LogP) is 2.88. The Bertz CT molecular complexity index is 316. The Morgan fingerprint density at radius 3 is 2.26 bits per heavy atom. The Hall–Kier alpha value is -0.653. The number of carbonyl (C=O) groups is 1. The number of hydrogen-bond donors (Lipinski definition) is 1. The average Bonchev–Trinajstić information content (AvgIpc) is 2.22. The van der Waals surface area contributed by atoms with Gasteiger partial charge in [-0.1, -0.05) is 20.8 Å². The minimum Gasteiger partial charge on any atom is -0.463 e. The second-order valence-corrected chi connectivity index (χ2v) is 11.0. The van der Waals surface area contributed by atoms with E-state index in [9.17, 15) is 9.90 Å². The van der Waals surface area contributed by atoms with Crippen molar-refractivity contribution in [3.63, 3.8) is 0 Å². The molecule has 1 N–H and O–H groups in total. The van der Waals surface area contributed by atoms with Gasteiger partial charge >= 0.3 is 5.97 Å². The quantitative estimate of drug-likeness (QED) is 0.464. The molecule has 0 aliphatic carbocycles. The lowest BCUT2D eigenvalue weighted by atomic mass is 10.2. The van der Waals surface area contributed by atoms with Gasteiger partial charge in [0.2, 0.25) is 0 Å². The molecule has 0 aliphatic heterocycles. The third kappa shape index (κ3) is 6.36. The van der Waals surface area contributed by atoms with Crippen LogP contribution in [-0.4, -0.2) is 38.2 Å². The fraction of sp³-hybridized carbons (Fsp3) is 0.786. The van der Waals surface area contributed by atoms with E-state index in [1.807, 2.05) is 0 Å². The van der Waals surface area contributed by atoms with Crippen molar-refractivity contribution in [3.05, 3.63) is 12.2 Å². The summed E-state index contributed by atoms with van der Waals surface area (Å²) in [7, 11) is -1.98. The van der Waals surface area contributed by atoms with Crippen LogP contribution in [0.3, 0.4) is 0 Å². The van der Waals surface area contributed by atoms with Crippen molar-refractivity contribution in [3.8, 4) is 0 Å². The molecule has 0 aliphatic rings. The van der Waals surface area contributed by atoms with Crippen LogP contribution in [0.1, 0.15) is 34.6 Å². The van der Waals surface area contributed by atoms with Gasteiger partial charge in [0, 0.05) is 6.08 Å². The first-order valence-corrected chi connectivity index (χ1v) is 9.63. The van der Waals surface area contributed by atoms with Gasteiger partial charge < -0.3 is 14.3 Å². The van der Waals surface area contributed by atoms with Crippen molar-refractivity contribution in [2.45, 2.75) is 65.0 Å². The zero-order chi connectivity index (χ0) is 15.3. The van der Waals surface area contributed by atoms with Crippen molar-refractivity contribution in [2.75, 3.05) is 6.61 Å². The number of hydrogen-bond acceptors (Lipinski definition) is 4. The molecule has 0 fully saturated rings. The highest BCUT2D eigenvalue weighted by Gasteiger charge is 2.39. The summed E-state index contributed by atoms with van der Waals surface area (Å²) in [5.74, 6) is -0.410. The van der Waals surface area contributed by atoms with Crippen LogP contribution in [0.2, 0.25) is 18.1 Å². The number of aliphatic hydroxyl groups is 1. The van der Waals surface area contributed by atoms with Crippen LogP contribution in [0, 0.1) is 0 Å². The maximum atomic E-state index is 11.3. The molecule has 112 valence electrons. The third-order valence-corrected chi connectivity index (χ3v) is 7.89. The van der Waals surface area contributed by atoms with E-state index in [-0.39, 0.29) is 5.04 Å². The Morgan fingerprint density at radius 1 is 1.37 bits per heavy atom. The number of aliphatic hydroxyl groups excluding tert-OH is 1. The van der Waals surface area contributed by atoms with Gasteiger partial charge in [-0.3, -0.25) is 0 Å². The molecule has 5 heteroatoms. The predicted molar refractivity (Wildman–Crippen MR) is 79.5 cm³/mol. The summed E-state index contributed by atoms with van der Waals surface area (Å²) in [6.07, 6.45) is 1.77. The Morgan fingerprint density at radius 2 is 1.89 bits per heavy atom. The first-order valence-electron chi connectivity index (χ1n) is 6.72. The van der Waals surface area contributed by atoms with Gasteiger partial charge in [0.1, 0.15) is 0 Å². The first kappa shape index (κ1) is 18.3. The lowest BCUT2D eigenvalue weighted by molar-refractivity contribution is -0.137. The molecule has 4 nitrogen and oxygen atoms in total. The normalized spacial score (nSPS) is 16.4. The van der Waals surface area contributed by atoms with Crippen molar-refractivity contribution in [1.29, 1.82) is 0 Å². The van der Waals surface area contributed by atoms with E-state index < -0.39 is 26.5 Å². The lowest BCUT2D eigenvalue weighted by Gasteiger charge is -2.39. The number of carbonyl (C=O) groups excluding carboxylic acids is 1. The van der Waals surface area contributed by atoms with Crippen LogP contribution < -0.4 is 0 Å². The highest BCUT2D eigenvalue weighted by atomic mass is 28.4. The minimum atomic E-state index is -1.98. The molecule has 0 heterocycles. The maximum absolute atomic E-state index is 11.3. The molecule has 0 aromatic rings. The van der Waals surface area contributed by atoms with Crippen LogP contribution in [-0.2, 0) is 14.0 Å². The van der Waals surface area contributed by atoms with E-state index >= 15 is 0 Å². The molecule has 0 saturated carbocycles. The minimum absolute atomic E-state index is 0.0535. The van der Waals surface area contributed by atoms with Gasteiger partial charge in [-0.05, 0) is 38.1 Å². The standard InChI is InChI=1S/C14H28O4Si/c1-8-17-13(16)10-9-12(11(2)15)18-19(6,7)14(3,4)5/h9-12,15H,8H2,1-7H3/b10-9+/t11-,12-/m0/s1. The molecule has 0 aromatic carbocycles. The number of esters is 1. The summed E-state index contributed by atoms with van der Waals surface area (Å²) < 4.78 is 10.9. The van der Waals surface area contributed by atoms with Crippen LogP contribution in [0.15, 0.2) is 12.2 Å². The topological polar surface area (TPSA) is 55.8 Å². The van der Waals surface area contributed by atoms with Crippen molar-refractivity contribution in [2.24, 2.45) is 0 Å². The van der Waals surface area contributed by atoms with Gasteiger partial charge in [-0.15, -0.1) is 0 Å². The molecular weight excluding hydrogens is 260 g/mol. The summed E-state index contributed by atoms with van der Waals surface area (Å²) in [4.78, 5) is 11.3. The maximum Gasteiger partial charge on any atom is 0.330 e. The third-order valence-electron chi connectivity index (χ3n) is 3.42. The zero-order valence-electron chi connectivity index (χ0n) is 13.2. The van der Waals surface area contributed by atoms with Crippen LogP contribution in [0.5, 0.6) is 0 Å². The molecule has 19 heavy (non-hydrogen) atoms. The highest BCUT2D eigenvalue weighted by Crippen LogP contribution is 2.37. The molecule has 0 spiro atoms. The van der Waals surface area contributed by atoms with Crippen molar-refractivity contribution >= 4 is 14.3 Å². The van der Waals surface area contributed by atoms with Gasteiger partial charge in [0.05, 0.1) is 18.8 Å². The lowest BCUT2D eigenvalue weighted by Crippen LogP contribution is -2.46. The van der Waals surface area contributed by atoms with E-state index in [1.54, 1.807) is 19.9 Å². The van der Waals surface area contributed by atoms with Crippen molar-refractivity contribution < 1.29 is 19.1 Å². The molecular formula is C14H28O4Si. The summed E-state index contributed by atoms with van der Waals surface area (Å²) >= 11 is 0. The largest absolute Gasteiger partial charge is 0.463 e. The molecule has 2 atom stereocenters. The average molecular weight is 288 g/mol. The van der Waals surface area contributed by atoms with E-state index in [2.05, 4.69) is 33.9 Å². The van der Waals surface area contributed by atoms with Gasteiger partial charge in [0.15, 0.2) is 8.32 Å². The molecule has 0 unspecified atom stereocenters. The van der Waals surface area contributed by atoms with Crippen molar-refractivity contribution in [1.82, 2.24) is 0 Å². The molecule has 0 aromatic heterocycles. The van der Waals surface area contributed by atoms with Gasteiger partial charge in [0.25, 0.3) is 0 Å². The molecule has 0 saturated heterocycles. The molecule has 0 radical (unpaired) electrons. The zero-order valence-corrected chi connectivity index (χ0v) is 14.2. The van der Waals surface area contributed by atoms with Gasteiger partial charge in [-0.2, -0.15) is 0 Å². The fourth-order valence-electron chi connectivity index (χ4n) is 1.18. The summed E-state index contributed by atoms with van der Waals surface area (Å²) in [5, 5.41) is 9.83. The monoisotopic (exact) mass is 288 g/mol. The van der Waals surface area contributed by atoms with Crippen LogP contribution in [0.4, 0.5) is 0 Å². The van der Waals surface area contributed by atoms with E-state index in [0.29, 0.717) is 6.61 Å². The summed E-state index contributed by atoms with van der Waals surface area (Å²) in [5.41, 5.74) is 0. The molecule has 0 amide bonds. The Labute approximate surface area is 117 Å². The number of rotatable bonds is 6. The van der Waals surface area contributed by atoms with E-state index in [4.69, 9.17) is 9.16 Å². The smallest absolute Gasteiger partial charge is 0.330 e. The fourth-order valence-corrected chi connectivity index (χ4v) is 2.49. The Kier molecular flexibility index (Phi) is 6.97. The van der Waals surface area contributed by atoms with Crippen LogP contribution in [0.25, 0.3) is 0 Å². The number of ether oxygens (including phenoxy) is 1. The van der Waals surface area contributed by atoms with E-state index in [1.165, 1.54) is 6.08 Å². The summed E-state index contributed by atoms with van der Waals surface area (Å²) in [6, 6.07) is 0. The van der Waals surface area contributed by atoms with E-state index in [0.717, 1.165) is 0 Å². The second-order valence-electron chi connectivity index (χ2n) is 6.19. The van der Waals surface area contributed by atoms with Gasteiger partial charge in [-0.25, -0.2) is 4.79 Å². The SMILES string of the molecule is CCOC(=O)/C=C/[C@H](O[Si](C)(C)C(C)(C)C)[C@H](C)O. The van der Waals surface area contributed by atoms with Crippen LogP contribution >= 0.6 is 0 Å². The second kappa shape index (κ2) is 7.22. The molecule has 0 bridgehead atoms.